The standard InChI is InChI=1S/C14H27NO3/c1-13(2,3)18-12(17)6-9-15-10-14(11-16)7-4-5-8-14/h15-16H,4-11H2,1-3H3. The Labute approximate surface area is 110 Å². The van der Waals surface area contributed by atoms with Crippen molar-refractivity contribution in [2.75, 3.05) is 19.7 Å². The van der Waals surface area contributed by atoms with Crippen LogP contribution in [0.5, 0.6) is 0 Å². The number of carbonyl (C=O) groups excluding carboxylic acids is 1. The minimum absolute atomic E-state index is 0.0495. The van der Waals surface area contributed by atoms with E-state index in [-0.39, 0.29) is 18.0 Å². The van der Waals surface area contributed by atoms with E-state index in [1.165, 1.54) is 12.8 Å². The van der Waals surface area contributed by atoms with Gasteiger partial charge in [0.15, 0.2) is 0 Å². The molecule has 18 heavy (non-hydrogen) atoms. The molecule has 2 N–H and O–H groups in total. The van der Waals surface area contributed by atoms with E-state index >= 15 is 0 Å². The molecule has 0 amide bonds. The van der Waals surface area contributed by atoms with Crippen LogP contribution >= 0.6 is 0 Å². The van der Waals surface area contributed by atoms with Crippen molar-refractivity contribution in [3.63, 3.8) is 0 Å². The summed E-state index contributed by atoms with van der Waals surface area (Å²) in [7, 11) is 0. The number of hydrogen-bond donors (Lipinski definition) is 2. The molecule has 4 nitrogen and oxygen atoms in total. The SMILES string of the molecule is CC(C)(C)OC(=O)CCNCC1(CO)CCCC1. The van der Waals surface area contributed by atoms with Crippen LogP contribution in [0, 0.1) is 5.41 Å². The number of rotatable bonds is 6. The Bertz CT molecular complexity index is 265. The smallest absolute Gasteiger partial charge is 0.307 e. The van der Waals surface area contributed by atoms with Crippen LogP contribution in [-0.2, 0) is 9.53 Å². The van der Waals surface area contributed by atoms with Gasteiger partial charge in [-0.25, -0.2) is 0 Å². The molecule has 0 saturated heterocycles. The monoisotopic (exact) mass is 257 g/mol. The molecule has 1 saturated carbocycles. The number of aliphatic hydroxyl groups is 1. The van der Waals surface area contributed by atoms with Gasteiger partial charge in [0.05, 0.1) is 6.42 Å². The van der Waals surface area contributed by atoms with E-state index in [1.54, 1.807) is 0 Å². The predicted octanol–water partition coefficient (Wildman–Crippen LogP) is 1.86. The van der Waals surface area contributed by atoms with E-state index < -0.39 is 5.60 Å². The Morgan fingerprint density at radius 2 is 1.94 bits per heavy atom. The molecular weight excluding hydrogens is 230 g/mol. The number of ether oxygens (including phenoxy) is 1. The zero-order chi connectivity index (χ0) is 13.6. The third kappa shape index (κ3) is 5.36. The Morgan fingerprint density at radius 1 is 1.33 bits per heavy atom. The van der Waals surface area contributed by atoms with E-state index in [0.717, 1.165) is 19.4 Å². The number of aliphatic hydroxyl groups excluding tert-OH is 1. The Hall–Kier alpha value is -0.610. The van der Waals surface area contributed by atoms with Gasteiger partial charge < -0.3 is 15.2 Å². The van der Waals surface area contributed by atoms with Gasteiger partial charge in [0.25, 0.3) is 0 Å². The number of carbonyl (C=O) groups is 1. The Morgan fingerprint density at radius 3 is 2.44 bits per heavy atom. The maximum Gasteiger partial charge on any atom is 0.307 e. The summed E-state index contributed by atoms with van der Waals surface area (Å²) in [6.45, 7) is 7.28. The quantitative estimate of drug-likeness (QED) is 0.563. The van der Waals surface area contributed by atoms with Gasteiger partial charge in [0.2, 0.25) is 0 Å². The largest absolute Gasteiger partial charge is 0.460 e. The van der Waals surface area contributed by atoms with E-state index in [4.69, 9.17) is 4.74 Å². The zero-order valence-electron chi connectivity index (χ0n) is 11.9. The maximum absolute atomic E-state index is 11.5. The third-order valence-electron chi connectivity index (χ3n) is 3.43. The highest BCUT2D eigenvalue weighted by atomic mass is 16.6. The summed E-state index contributed by atoms with van der Waals surface area (Å²) in [4.78, 5) is 11.5. The minimum atomic E-state index is -0.408. The van der Waals surface area contributed by atoms with Crippen LogP contribution in [-0.4, -0.2) is 36.4 Å². The van der Waals surface area contributed by atoms with Crippen LogP contribution < -0.4 is 5.32 Å². The first kappa shape index (κ1) is 15.4. The molecule has 0 heterocycles. The fraction of sp³-hybridized carbons (Fsp3) is 0.929. The molecule has 1 aliphatic rings. The number of nitrogens with one attached hydrogen (secondary N) is 1. The lowest BCUT2D eigenvalue weighted by Gasteiger charge is -2.26. The molecule has 0 bridgehead atoms. The average Bonchev–Trinajstić information content (AvgIpc) is 2.71. The predicted molar refractivity (Wildman–Crippen MR) is 71.3 cm³/mol. The molecule has 0 radical (unpaired) electrons. The molecular formula is C14H27NO3. The van der Waals surface area contributed by atoms with Crippen molar-refractivity contribution in [3.05, 3.63) is 0 Å². The van der Waals surface area contributed by atoms with Crippen molar-refractivity contribution in [2.24, 2.45) is 5.41 Å². The van der Waals surface area contributed by atoms with E-state index in [1.807, 2.05) is 20.8 Å². The van der Waals surface area contributed by atoms with Gasteiger partial charge in [0, 0.05) is 25.1 Å². The van der Waals surface area contributed by atoms with Crippen molar-refractivity contribution < 1.29 is 14.6 Å². The molecule has 0 atom stereocenters. The van der Waals surface area contributed by atoms with Gasteiger partial charge in [-0.1, -0.05) is 12.8 Å². The lowest BCUT2D eigenvalue weighted by Crippen LogP contribution is -2.36. The highest BCUT2D eigenvalue weighted by Gasteiger charge is 2.32. The summed E-state index contributed by atoms with van der Waals surface area (Å²) < 4.78 is 5.23. The zero-order valence-corrected chi connectivity index (χ0v) is 11.9. The second kappa shape index (κ2) is 6.53. The van der Waals surface area contributed by atoms with Crippen molar-refractivity contribution in [2.45, 2.75) is 58.5 Å². The summed E-state index contributed by atoms with van der Waals surface area (Å²) in [5.74, 6) is -0.167. The lowest BCUT2D eigenvalue weighted by molar-refractivity contribution is -0.154. The highest BCUT2D eigenvalue weighted by Crippen LogP contribution is 2.36. The molecule has 0 aromatic carbocycles. The molecule has 0 aromatic rings. The molecule has 0 aliphatic heterocycles. The summed E-state index contributed by atoms with van der Waals surface area (Å²) in [5, 5.41) is 12.7. The van der Waals surface area contributed by atoms with Crippen LogP contribution in [0.3, 0.4) is 0 Å². The molecule has 4 heteroatoms. The fourth-order valence-corrected chi connectivity index (χ4v) is 2.45. The molecule has 0 spiro atoms. The molecule has 0 unspecified atom stereocenters. The second-order valence-electron chi connectivity index (χ2n) is 6.38. The van der Waals surface area contributed by atoms with Crippen molar-refractivity contribution in [1.29, 1.82) is 0 Å². The van der Waals surface area contributed by atoms with Crippen molar-refractivity contribution >= 4 is 5.97 Å². The highest BCUT2D eigenvalue weighted by molar-refractivity contribution is 5.70. The summed E-state index contributed by atoms with van der Waals surface area (Å²) >= 11 is 0. The van der Waals surface area contributed by atoms with Crippen LogP contribution in [0.4, 0.5) is 0 Å². The third-order valence-corrected chi connectivity index (χ3v) is 3.43. The topological polar surface area (TPSA) is 58.6 Å². The normalized spacial score (nSPS) is 18.9. The van der Waals surface area contributed by atoms with E-state index in [9.17, 15) is 9.90 Å². The van der Waals surface area contributed by atoms with Gasteiger partial charge in [0.1, 0.15) is 5.60 Å². The van der Waals surface area contributed by atoms with Gasteiger partial charge in [-0.3, -0.25) is 4.79 Å². The van der Waals surface area contributed by atoms with E-state index in [0.29, 0.717) is 13.0 Å². The fourth-order valence-electron chi connectivity index (χ4n) is 2.45. The summed E-state index contributed by atoms with van der Waals surface area (Å²) in [6.07, 6.45) is 4.97. The van der Waals surface area contributed by atoms with Crippen LogP contribution in [0.2, 0.25) is 0 Å². The maximum atomic E-state index is 11.5. The minimum Gasteiger partial charge on any atom is -0.460 e. The number of hydrogen-bond acceptors (Lipinski definition) is 4. The number of esters is 1. The first-order chi connectivity index (χ1) is 8.37. The lowest BCUT2D eigenvalue weighted by atomic mass is 9.87. The molecule has 1 aliphatic carbocycles. The van der Waals surface area contributed by atoms with Gasteiger partial charge in [-0.2, -0.15) is 0 Å². The van der Waals surface area contributed by atoms with Crippen LogP contribution in [0.15, 0.2) is 0 Å². The van der Waals surface area contributed by atoms with Crippen LogP contribution in [0.1, 0.15) is 52.9 Å². The molecule has 0 aromatic heterocycles. The average molecular weight is 257 g/mol. The first-order valence-corrected chi connectivity index (χ1v) is 6.90. The summed E-state index contributed by atoms with van der Waals surface area (Å²) in [5.41, 5.74) is -0.358. The first-order valence-electron chi connectivity index (χ1n) is 6.90. The molecule has 1 fully saturated rings. The van der Waals surface area contributed by atoms with Crippen molar-refractivity contribution in [1.82, 2.24) is 5.32 Å². The second-order valence-corrected chi connectivity index (χ2v) is 6.38. The van der Waals surface area contributed by atoms with Gasteiger partial charge in [-0.05, 0) is 33.6 Å². The molecule has 106 valence electrons. The Kier molecular flexibility index (Phi) is 5.60. The summed E-state index contributed by atoms with van der Waals surface area (Å²) in [6, 6.07) is 0. The molecule has 1 rings (SSSR count). The van der Waals surface area contributed by atoms with Gasteiger partial charge >= 0.3 is 5.97 Å². The van der Waals surface area contributed by atoms with Crippen molar-refractivity contribution in [3.8, 4) is 0 Å². The van der Waals surface area contributed by atoms with E-state index in [2.05, 4.69) is 5.32 Å². The van der Waals surface area contributed by atoms with Gasteiger partial charge in [-0.15, -0.1) is 0 Å². The Balaban J connectivity index is 2.16. The van der Waals surface area contributed by atoms with Crippen LogP contribution in [0.25, 0.3) is 0 Å².